The van der Waals surface area contributed by atoms with Crippen molar-refractivity contribution >= 4 is 11.8 Å². The fraction of sp³-hybridized carbons (Fsp3) is 0.421. The molecular weight excluding hydrogens is 365 g/mol. The summed E-state index contributed by atoms with van der Waals surface area (Å²) in [5.41, 5.74) is 1.17. The third kappa shape index (κ3) is 3.77. The van der Waals surface area contributed by atoms with Crippen LogP contribution in [-0.4, -0.2) is 32.8 Å². The minimum atomic E-state index is -0.335. The molecule has 1 aliphatic heterocycles. The van der Waals surface area contributed by atoms with E-state index in [1.807, 2.05) is 14.0 Å². The normalized spacial score (nSPS) is 15.4. The number of nitrogens with one attached hydrogen (secondary N) is 1. The van der Waals surface area contributed by atoms with E-state index in [9.17, 15) is 4.39 Å². The molecule has 4 rings (SSSR count). The summed E-state index contributed by atoms with van der Waals surface area (Å²) in [5.74, 6) is 2.78. The first-order valence-electron chi connectivity index (χ1n) is 9.07. The van der Waals surface area contributed by atoms with E-state index in [1.54, 1.807) is 30.0 Å². The summed E-state index contributed by atoms with van der Waals surface area (Å²) >= 11 is 1.57. The van der Waals surface area contributed by atoms with Crippen molar-refractivity contribution in [2.75, 3.05) is 13.1 Å². The number of benzene rings is 1. The summed E-state index contributed by atoms with van der Waals surface area (Å²) in [7, 11) is 2.01. The Hall–Kier alpha value is -2.19. The lowest BCUT2D eigenvalue weighted by atomic mass is 9.97. The van der Waals surface area contributed by atoms with Crippen molar-refractivity contribution in [1.82, 2.24) is 25.1 Å². The Balaban J connectivity index is 1.48. The maximum Gasteiger partial charge on any atom is 0.229 e. The molecule has 1 N–H and O–H groups in total. The lowest BCUT2D eigenvalue weighted by molar-refractivity contribution is 0.434. The Morgan fingerprint density at radius 3 is 2.81 bits per heavy atom. The van der Waals surface area contributed by atoms with Gasteiger partial charge in [-0.1, -0.05) is 23.9 Å². The molecule has 0 saturated carbocycles. The summed E-state index contributed by atoms with van der Waals surface area (Å²) in [4.78, 5) is 4.49. The van der Waals surface area contributed by atoms with Crippen LogP contribution in [0.2, 0.25) is 0 Å². The lowest BCUT2D eigenvalue weighted by Crippen LogP contribution is -2.27. The van der Waals surface area contributed by atoms with Crippen LogP contribution in [0.1, 0.15) is 36.0 Å². The van der Waals surface area contributed by atoms with Gasteiger partial charge in [0.2, 0.25) is 5.89 Å². The van der Waals surface area contributed by atoms with Crippen molar-refractivity contribution in [3.05, 3.63) is 47.4 Å². The molecule has 1 aliphatic rings. The van der Waals surface area contributed by atoms with Gasteiger partial charge < -0.3 is 14.3 Å². The summed E-state index contributed by atoms with van der Waals surface area (Å²) < 4.78 is 21.7. The van der Waals surface area contributed by atoms with Gasteiger partial charge in [-0.2, -0.15) is 0 Å². The second-order valence-corrected chi connectivity index (χ2v) is 7.66. The molecule has 0 bridgehead atoms. The largest absolute Gasteiger partial charge is 0.441 e. The fourth-order valence-electron chi connectivity index (χ4n) is 3.33. The minimum Gasteiger partial charge on any atom is -0.441 e. The van der Waals surface area contributed by atoms with Crippen LogP contribution in [0, 0.1) is 12.7 Å². The number of hydrogen-bond acceptors (Lipinski definition) is 6. The molecule has 27 heavy (non-hydrogen) atoms. The average Bonchev–Trinajstić information content (AvgIpc) is 3.23. The average molecular weight is 387 g/mol. The van der Waals surface area contributed by atoms with Crippen LogP contribution in [0.25, 0.3) is 11.5 Å². The molecule has 1 aromatic carbocycles. The second-order valence-electron chi connectivity index (χ2n) is 6.71. The summed E-state index contributed by atoms with van der Waals surface area (Å²) in [6.07, 6.45) is 2.18. The zero-order valence-corrected chi connectivity index (χ0v) is 16.2. The van der Waals surface area contributed by atoms with E-state index < -0.39 is 0 Å². The molecule has 0 spiro atoms. The summed E-state index contributed by atoms with van der Waals surface area (Å²) in [6.45, 7) is 3.90. The first-order valence-corrected chi connectivity index (χ1v) is 10.1. The number of thioether (sulfide) groups is 1. The molecule has 1 saturated heterocycles. The predicted octanol–water partition coefficient (Wildman–Crippen LogP) is 3.68. The van der Waals surface area contributed by atoms with E-state index in [0.717, 1.165) is 42.6 Å². The smallest absolute Gasteiger partial charge is 0.229 e. The monoisotopic (exact) mass is 387 g/mol. The summed E-state index contributed by atoms with van der Waals surface area (Å²) in [5, 5.41) is 13.0. The highest BCUT2D eigenvalue weighted by atomic mass is 32.2. The Morgan fingerprint density at radius 1 is 1.26 bits per heavy atom. The third-order valence-electron chi connectivity index (χ3n) is 4.91. The van der Waals surface area contributed by atoms with Crippen LogP contribution < -0.4 is 5.32 Å². The van der Waals surface area contributed by atoms with Gasteiger partial charge in [0, 0.05) is 18.7 Å². The first-order chi connectivity index (χ1) is 13.1. The minimum absolute atomic E-state index is 0.314. The van der Waals surface area contributed by atoms with Crippen LogP contribution in [0.3, 0.4) is 0 Å². The zero-order chi connectivity index (χ0) is 18.8. The van der Waals surface area contributed by atoms with Gasteiger partial charge in [-0.15, -0.1) is 10.2 Å². The Labute approximate surface area is 161 Å². The van der Waals surface area contributed by atoms with E-state index in [2.05, 4.69) is 25.1 Å². The SMILES string of the molecule is Cc1oc(-c2ccccc2F)nc1CSc1nnc(C2CCNCC2)n1C. The van der Waals surface area contributed by atoms with E-state index in [-0.39, 0.29) is 5.82 Å². The standard InChI is InChI=1S/C19H22FN5OS/c1-12-16(22-18(26-12)14-5-3-4-6-15(14)20)11-27-19-24-23-17(25(19)2)13-7-9-21-10-8-13/h3-6,13,21H,7-11H2,1-2H3. The van der Waals surface area contributed by atoms with Gasteiger partial charge >= 0.3 is 0 Å². The highest BCUT2D eigenvalue weighted by Gasteiger charge is 2.22. The number of rotatable bonds is 5. The first kappa shape index (κ1) is 18.2. The van der Waals surface area contributed by atoms with Gasteiger partial charge in [0.05, 0.1) is 11.3 Å². The van der Waals surface area contributed by atoms with Crippen LogP contribution >= 0.6 is 11.8 Å². The van der Waals surface area contributed by atoms with Gasteiger partial charge in [-0.05, 0) is 45.0 Å². The molecule has 2 aromatic heterocycles. The van der Waals surface area contributed by atoms with E-state index >= 15 is 0 Å². The predicted molar refractivity (Wildman–Crippen MR) is 102 cm³/mol. The number of nitrogens with zero attached hydrogens (tertiary/aromatic N) is 4. The number of oxazole rings is 1. The van der Waals surface area contributed by atoms with Crippen LogP contribution in [0.4, 0.5) is 4.39 Å². The quantitative estimate of drug-likeness (QED) is 0.674. The van der Waals surface area contributed by atoms with E-state index in [0.29, 0.717) is 28.9 Å². The highest BCUT2D eigenvalue weighted by molar-refractivity contribution is 7.98. The maximum absolute atomic E-state index is 14.0. The van der Waals surface area contributed by atoms with Gasteiger partial charge in [-0.3, -0.25) is 0 Å². The molecule has 3 heterocycles. The number of piperidine rings is 1. The van der Waals surface area contributed by atoms with Crippen LogP contribution in [0.5, 0.6) is 0 Å². The zero-order valence-electron chi connectivity index (χ0n) is 15.4. The molecule has 142 valence electrons. The highest BCUT2D eigenvalue weighted by Crippen LogP contribution is 2.30. The topological polar surface area (TPSA) is 68.8 Å². The number of aromatic nitrogens is 4. The van der Waals surface area contributed by atoms with E-state index in [4.69, 9.17) is 4.42 Å². The molecule has 6 nitrogen and oxygen atoms in total. The summed E-state index contributed by atoms with van der Waals surface area (Å²) in [6, 6.07) is 6.50. The fourth-order valence-corrected chi connectivity index (χ4v) is 4.25. The molecule has 3 aromatic rings. The van der Waals surface area contributed by atoms with Crippen molar-refractivity contribution in [1.29, 1.82) is 0 Å². The van der Waals surface area contributed by atoms with Crippen molar-refractivity contribution in [3.8, 4) is 11.5 Å². The number of halogens is 1. The molecular formula is C19H22FN5OS. The molecule has 0 atom stereocenters. The molecule has 0 radical (unpaired) electrons. The van der Waals surface area contributed by atoms with Gasteiger partial charge in [0.15, 0.2) is 5.16 Å². The molecule has 0 amide bonds. The van der Waals surface area contributed by atoms with Crippen LogP contribution in [0.15, 0.2) is 33.8 Å². The molecule has 0 aliphatic carbocycles. The molecule has 0 unspecified atom stereocenters. The Morgan fingerprint density at radius 2 is 2.04 bits per heavy atom. The number of aryl methyl sites for hydroxylation is 1. The van der Waals surface area contributed by atoms with Crippen molar-refractivity contribution in [2.24, 2.45) is 7.05 Å². The van der Waals surface area contributed by atoms with Gasteiger partial charge in [0.25, 0.3) is 0 Å². The van der Waals surface area contributed by atoms with Crippen molar-refractivity contribution in [2.45, 2.75) is 36.6 Å². The van der Waals surface area contributed by atoms with Gasteiger partial charge in [-0.25, -0.2) is 9.37 Å². The third-order valence-corrected chi connectivity index (χ3v) is 5.94. The van der Waals surface area contributed by atoms with Crippen LogP contribution in [-0.2, 0) is 12.8 Å². The Bertz CT molecular complexity index is 932. The van der Waals surface area contributed by atoms with Crippen molar-refractivity contribution < 1.29 is 8.81 Å². The second kappa shape index (κ2) is 7.82. The van der Waals surface area contributed by atoms with Gasteiger partial charge in [0.1, 0.15) is 17.4 Å². The Kier molecular flexibility index (Phi) is 5.27. The van der Waals surface area contributed by atoms with E-state index in [1.165, 1.54) is 6.07 Å². The molecule has 8 heteroatoms. The maximum atomic E-state index is 14.0. The van der Waals surface area contributed by atoms with Crippen molar-refractivity contribution in [3.63, 3.8) is 0 Å². The lowest BCUT2D eigenvalue weighted by Gasteiger charge is -2.21. The molecule has 1 fully saturated rings. The number of hydrogen-bond donors (Lipinski definition) is 1.